The molecule has 0 saturated heterocycles. The highest BCUT2D eigenvalue weighted by atomic mass is 16.5. The molecule has 0 radical (unpaired) electrons. The third-order valence-corrected chi connectivity index (χ3v) is 3.18. The first-order valence-corrected chi connectivity index (χ1v) is 7.24. The van der Waals surface area contributed by atoms with E-state index in [0.717, 1.165) is 5.56 Å². The summed E-state index contributed by atoms with van der Waals surface area (Å²) in [5.74, 6) is 1.12. The molecular weight excluding hydrogens is 292 g/mol. The predicted molar refractivity (Wildman–Crippen MR) is 87.5 cm³/mol. The fourth-order valence-corrected chi connectivity index (χ4v) is 2.01. The van der Waals surface area contributed by atoms with E-state index in [9.17, 15) is 4.79 Å². The van der Waals surface area contributed by atoms with Gasteiger partial charge in [-0.15, -0.1) is 0 Å². The molecule has 0 fully saturated rings. The molecule has 0 atom stereocenters. The maximum atomic E-state index is 11.9. The third-order valence-electron chi connectivity index (χ3n) is 3.18. The summed E-state index contributed by atoms with van der Waals surface area (Å²) in [7, 11) is 1.57. The molecule has 118 valence electrons. The van der Waals surface area contributed by atoms with E-state index < -0.39 is 0 Å². The molecule has 2 aromatic carbocycles. The highest BCUT2D eigenvalue weighted by Gasteiger charge is 2.06. The van der Waals surface area contributed by atoms with Gasteiger partial charge in [0.15, 0.2) is 11.5 Å². The number of methoxy groups -OCH3 is 1. The first-order valence-electron chi connectivity index (χ1n) is 7.24. The number of nitrogens with zero attached hydrogens (tertiary/aromatic N) is 1. The SMILES string of the molecule is COc1ccccc1OCCC(=O)Nc1ccc(CC#N)cc1. The van der Waals surface area contributed by atoms with E-state index in [-0.39, 0.29) is 18.9 Å². The summed E-state index contributed by atoms with van der Waals surface area (Å²) in [5, 5.41) is 11.4. The number of nitrogens with one attached hydrogen (secondary N) is 1. The van der Waals surface area contributed by atoms with Crippen molar-refractivity contribution in [2.24, 2.45) is 0 Å². The van der Waals surface area contributed by atoms with Crippen LogP contribution in [0.4, 0.5) is 5.69 Å². The van der Waals surface area contributed by atoms with Crippen molar-refractivity contribution in [2.75, 3.05) is 19.0 Å². The van der Waals surface area contributed by atoms with E-state index in [2.05, 4.69) is 11.4 Å². The Morgan fingerprint density at radius 1 is 1.13 bits per heavy atom. The van der Waals surface area contributed by atoms with Crippen molar-refractivity contribution < 1.29 is 14.3 Å². The van der Waals surface area contributed by atoms with Crippen LogP contribution in [0.1, 0.15) is 12.0 Å². The lowest BCUT2D eigenvalue weighted by molar-refractivity contribution is -0.116. The van der Waals surface area contributed by atoms with Gasteiger partial charge in [-0.05, 0) is 29.8 Å². The summed E-state index contributed by atoms with van der Waals surface area (Å²) in [4.78, 5) is 11.9. The van der Waals surface area contributed by atoms with Crippen LogP contribution in [-0.4, -0.2) is 19.6 Å². The molecule has 2 rings (SSSR count). The first-order chi connectivity index (χ1) is 11.2. The van der Waals surface area contributed by atoms with Crippen LogP contribution >= 0.6 is 0 Å². The number of hydrogen-bond donors (Lipinski definition) is 1. The molecule has 0 spiro atoms. The highest BCUT2D eigenvalue weighted by molar-refractivity contribution is 5.90. The molecule has 0 aliphatic carbocycles. The summed E-state index contributed by atoms with van der Waals surface area (Å²) in [6.45, 7) is 0.263. The Bertz CT molecular complexity index is 690. The molecule has 5 heteroatoms. The van der Waals surface area contributed by atoms with E-state index in [1.165, 1.54) is 0 Å². The summed E-state index contributed by atoms with van der Waals surface area (Å²) >= 11 is 0. The molecule has 1 amide bonds. The van der Waals surface area contributed by atoms with Gasteiger partial charge in [-0.3, -0.25) is 4.79 Å². The van der Waals surface area contributed by atoms with Gasteiger partial charge in [0.2, 0.25) is 5.91 Å². The largest absolute Gasteiger partial charge is 0.493 e. The van der Waals surface area contributed by atoms with Gasteiger partial charge in [-0.1, -0.05) is 24.3 Å². The number of hydrogen-bond acceptors (Lipinski definition) is 4. The molecular formula is C18H18N2O3. The number of benzene rings is 2. The van der Waals surface area contributed by atoms with Crippen LogP contribution < -0.4 is 14.8 Å². The van der Waals surface area contributed by atoms with Gasteiger partial charge in [0, 0.05) is 5.69 Å². The van der Waals surface area contributed by atoms with Crippen LogP contribution in [0.3, 0.4) is 0 Å². The van der Waals surface area contributed by atoms with Crippen molar-refractivity contribution >= 4 is 11.6 Å². The number of amides is 1. The molecule has 0 unspecified atom stereocenters. The lowest BCUT2D eigenvalue weighted by Gasteiger charge is -2.10. The lowest BCUT2D eigenvalue weighted by atomic mass is 10.1. The molecule has 1 N–H and O–H groups in total. The molecule has 0 aliphatic rings. The van der Waals surface area contributed by atoms with E-state index in [0.29, 0.717) is 23.6 Å². The van der Waals surface area contributed by atoms with E-state index in [1.54, 1.807) is 31.4 Å². The van der Waals surface area contributed by atoms with Crippen LogP contribution in [0.15, 0.2) is 48.5 Å². The summed E-state index contributed by atoms with van der Waals surface area (Å²) in [6, 6.07) is 16.6. The van der Waals surface area contributed by atoms with Crippen LogP contribution in [0.25, 0.3) is 0 Å². The van der Waals surface area contributed by atoms with Gasteiger partial charge < -0.3 is 14.8 Å². The van der Waals surface area contributed by atoms with Gasteiger partial charge in [0.05, 0.1) is 32.6 Å². The molecule has 0 aromatic heterocycles. The molecule has 23 heavy (non-hydrogen) atoms. The zero-order valence-corrected chi connectivity index (χ0v) is 12.9. The lowest BCUT2D eigenvalue weighted by Crippen LogP contribution is -2.15. The van der Waals surface area contributed by atoms with Crippen molar-refractivity contribution in [1.82, 2.24) is 0 Å². The zero-order valence-electron chi connectivity index (χ0n) is 12.9. The van der Waals surface area contributed by atoms with Gasteiger partial charge >= 0.3 is 0 Å². The van der Waals surface area contributed by atoms with Crippen LogP contribution in [0.2, 0.25) is 0 Å². The minimum absolute atomic E-state index is 0.132. The molecule has 0 heterocycles. The Morgan fingerprint density at radius 2 is 1.83 bits per heavy atom. The van der Waals surface area contributed by atoms with Gasteiger partial charge in [0.1, 0.15) is 0 Å². The van der Waals surface area contributed by atoms with E-state index >= 15 is 0 Å². The number of rotatable bonds is 7. The maximum Gasteiger partial charge on any atom is 0.227 e. The second-order valence-electron chi connectivity index (χ2n) is 4.83. The van der Waals surface area contributed by atoms with Crippen molar-refractivity contribution in [3.8, 4) is 17.6 Å². The zero-order chi connectivity index (χ0) is 16.5. The molecule has 2 aromatic rings. The summed E-state index contributed by atoms with van der Waals surface area (Å²) < 4.78 is 10.7. The average Bonchev–Trinajstić information content (AvgIpc) is 2.57. The van der Waals surface area contributed by atoms with Crippen LogP contribution in [0.5, 0.6) is 11.5 Å². The Hall–Kier alpha value is -3.00. The number of para-hydroxylation sites is 2. The second kappa shape index (κ2) is 8.44. The average molecular weight is 310 g/mol. The van der Waals surface area contributed by atoms with E-state index in [4.69, 9.17) is 14.7 Å². The van der Waals surface area contributed by atoms with Gasteiger partial charge in [0.25, 0.3) is 0 Å². The number of ether oxygens (including phenoxy) is 2. The number of nitriles is 1. The second-order valence-corrected chi connectivity index (χ2v) is 4.83. The van der Waals surface area contributed by atoms with E-state index in [1.807, 2.05) is 24.3 Å². The molecule has 5 nitrogen and oxygen atoms in total. The standard InChI is InChI=1S/C18H18N2O3/c1-22-16-4-2-3-5-17(16)23-13-11-18(21)20-15-8-6-14(7-9-15)10-12-19/h2-9H,10-11,13H2,1H3,(H,20,21). The minimum Gasteiger partial charge on any atom is -0.493 e. The van der Waals surface area contributed by atoms with Crippen molar-refractivity contribution in [3.63, 3.8) is 0 Å². The number of carbonyl (C=O) groups excluding carboxylic acids is 1. The fourth-order valence-electron chi connectivity index (χ4n) is 2.01. The number of anilines is 1. The summed E-state index contributed by atoms with van der Waals surface area (Å²) in [5.41, 5.74) is 1.62. The Kier molecular flexibility index (Phi) is 6.01. The normalized spacial score (nSPS) is 9.74. The third kappa shape index (κ3) is 5.04. The maximum absolute atomic E-state index is 11.9. The van der Waals surface area contributed by atoms with Crippen LogP contribution in [-0.2, 0) is 11.2 Å². The molecule has 0 saturated carbocycles. The monoisotopic (exact) mass is 310 g/mol. The Morgan fingerprint density at radius 3 is 2.48 bits per heavy atom. The summed E-state index contributed by atoms with van der Waals surface area (Å²) in [6.07, 6.45) is 0.596. The van der Waals surface area contributed by atoms with Gasteiger partial charge in [-0.25, -0.2) is 0 Å². The highest BCUT2D eigenvalue weighted by Crippen LogP contribution is 2.25. The van der Waals surface area contributed by atoms with Crippen molar-refractivity contribution in [2.45, 2.75) is 12.8 Å². The molecule has 0 aliphatic heterocycles. The topological polar surface area (TPSA) is 71.3 Å². The fraction of sp³-hybridized carbons (Fsp3) is 0.222. The van der Waals surface area contributed by atoms with Gasteiger partial charge in [-0.2, -0.15) is 5.26 Å². The van der Waals surface area contributed by atoms with Crippen molar-refractivity contribution in [3.05, 3.63) is 54.1 Å². The first kappa shape index (κ1) is 16.4. The Labute approximate surface area is 135 Å². The van der Waals surface area contributed by atoms with Crippen LogP contribution in [0, 0.1) is 11.3 Å². The number of carbonyl (C=O) groups is 1. The quantitative estimate of drug-likeness (QED) is 0.852. The minimum atomic E-state index is -0.132. The smallest absolute Gasteiger partial charge is 0.227 e. The van der Waals surface area contributed by atoms with Crippen molar-refractivity contribution in [1.29, 1.82) is 5.26 Å². The predicted octanol–water partition coefficient (Wildman–Crippen LogP) is 3.17. The molecule has 0 bridgehead atoms. The Balaban J connectivity index is 1.80.